The van der Waals surface area contributed by atoms with Crippen LogP contribution in [0.1, 0.15) is 46.9 Å². The number of benzene rings is 1. The van der Waals surface area contributed by atoms with Crippen LogP contribution in [0.15, 0.2) is 36.5 Å². The molecule has 0 unspecified atom stereocenters. The van der Waals surface area contributed by atoms with Crippen LogP contribution in [0.25, 0.3) is 11.0 Å². The number of pyridine rings is 1. The fourth-order valence-corrected chi connectivity index (χ4v) is 3.89. The Morgan fingerprint density at radius 3 is 2.90 bits per heavy atom. The SMILES string of the molecule is Cc1cccc2nc(NC(=O)c3ccnc(C(F)(F)F)c3)n([C@@H]3CCCCNC3)c12. The van der Waals surface area contributed by atoms with Gasteiger partial charge in [0.15, 0.2) is 0 Å². The van der Waals surface area contributed by atoms with E-state index in [9.17, 15) is 18.0 Å². The maximum absolute atomic E-state index is 13.0. The van der Waals surface area contributed by atoms with E-state index in [2.05, 4.69) is 20.6 Å². The number of anilines is 1. The summed E-state index contributed by atoms with van der Waals surface area (Å²) in [5.74, 6) is -0.318. The van der Waals surface area contributed by atoms with Gasteiger partial charge in [-0.05, 0) is 50.1 Å². The second-order valence-electron chi connectivity index (χ2n) is 7.48. The molecule has 1 amide bonds. The van der Waals surface area contributed by atoms with Crippen LogP contribution in [0.5, 0.6) is 0 Å². The number of para-hydroxylation sites is 1. The molecule has 0 bridgehead atoms. The number of fused-ring (bicyclic) bond motifs is 1. The van der Waals surface area contributed by atoms with E-state index in [0.29, 0.717) is 5.95 Å². The van der Waals surface area contributed by atoms with Crippen molar-refractivity contribution in [1.82, 2.24) is 19.9 Å². The first-order valence-corrected chi connectivity index (χ1v) is 9.87. The van der Waals surface area contributed by atoms with Gasteiger partial charge in [0, 0.05) is 24.3 Å². The molecule has 4 rings (SSSR count). The smallest absolute Gasteiger partial charge is 0.315 e. The van der Waals surface area contributed by atoms with Gasteiger partial charge in [0.05, 0.1) is 11.0 Å². The van der Waals surface area contributed by atoms with Crippen molar-refractivity contribution < 1.29 is 18.0 Å². The van der Waals surface area contributed by atoms with Gasteiger partial charge >= 0.3 is 6.18 Å². The summed E-state index contributed by atoms with van der Waals surface area (Å²) in [6, 6.07) is 7.83. The lowest BCUT2D eigenvalue weighted by atomic mass is 10.1. The highest BCUT2D eigenvalue weighted by atomic mass is 19.4. The number of halogens is 3. The Hall–Kier alpha value is -2.94. The van der Waals surface area contributed by atoms with Gasteiger partial charge in [-0.25, -0.2) is 4.98 Å². The molecular weight excluding hydrogens is 395 g/mol. The van der Waals surface area contributed by atoms with Crippen LogP contribution in [0.4, 0.5) is 19.1 Å². The van der Waals surface area contributed by atoms with Crippen LogP contribution in [0, 0.1) is 6.92 Å². The Bertz CT molecular complexity index is 1070. The van der Waals surface area contributed by atoms with E-state index in [1.54, 1.807) is 0 Å². The molecule has 0 radical (unpaired) electrons. The highest BCUT2D eigenvalue weighted by molar-refractivity contribution is 6.04. The van der Waals surface area contributed by atoms with Gasteiger partial charge in [-0.2, -0.15) is 13.2 Å². The van der Waals surface area contributed by atoms with Crippen LogP contribution >= 0.6 is 0 Å². The number of amides is 1. The number of hydrogen-bond donors (Lipinski definition) is 2. The van der Waals surface area contributed by atoms with E-state index in [0.717, 1.165) is 61.2 Å². The second-order valence-corrected chi connectivity index (χ2v) is 7.48. The number of carbonyl (C=O) groups is 1. The van der Waals surface area contributed by atoms with E-state index in [4.69, 9.17) is 0 Å². The normalized spacial score (nSPS) is 17.7. The van der Waals surface area contributed by atoms with Crippen LogP contribution in [0.3, 0.4) is 0 Å². The lowest BCUT2D eigenvalue weighted by Crippen LogP contribution is -2.26. The molecule has 1 fully saturated rings. The van der Waals surface area contributed by atoms with Gasteiger partial charge in [0.1, 0.15) is 5.69 Å². The van der Waals surface area contributed by atoms with Crippen molar-refractivity contribution >= 4 is 22.9 Å². The summed E-state index contributed by atoms with van der Waals surface area (Å²) in [6.45, 7) is 3.64. The summed E-state index contributed by atoms with van der Waals surface area (Å²) in [4.78, 5) is 20.7. The molecule has 3 heterocycles. The molecule has 1 aliphatic rings. The molecule has 3 aromatic rings. The van der Waals surface area contributed by atoms with Crippen molar-refractivity contribution in [3.63, 3.8) is 0 Å². The number of aromatic nitrogens is 3. The minimum atomic E-state index is -4.62. The zero-order chi connectivity index (χ0) is 21.3. The summed E-state index contributed by atoms with van der Waals surface area (Å²) in [5.41, 5.74) is 1.46. The molecule has 0 spiro atoms. The topological polar surface area (TPSA) is 71.8 Å². The van der Waals surface area contributed by atoms with Gasteiger partial charge < -0.3 is 9.88 Å². The largest absolute Gasteiger partial charge is 0.433 e. The Balaban J connectivity index is 1.73. The maximum Gasteiger partial charge on any atom is 0.433 e. The Labute approximate surface area is 171 Å². The summed E-state index contributed by atoms with van der Waals surface area (Å²) in [7, 11) is 0. The Morgan fingerprint density at radius 2 is 2.10 bits per heavy atom. The monoisotopic (exact) mass is 417 g/mol. The molecular formula is C21H22F3N5O. The van der Waals surface area contributed by atoms with E-state index in [1.807, 2.05) is 29.7 Å². The fourth-order valence-electron chi connectivity index (χ4n) is 3.89. The van der Waals surface area contributed by atoms with Crippen molar-refractivity contribution in [3.05, 3.63) is 53.3 Å². The second kappa shape index (κ2) is 8.06. The third-order valence-corrected chi connectivity index (χ3v) is 5.34. The van der Waals surface area contributed by atoms with Gasteiger partial charge in [-0.1, -0.05) is 18.6 Å². The van der Waals surface area contributed by atoms with Gasteiger partial charge in [-0.3, -0.25) is 15.1 Å². The Morgan fingerprint density at radius 1 is 1.27 bits per heavy atom. The number of rotatable bonds is 3. The number of nitrogens with one attached hydrogen (secondary N) is 2. The minimum Gasteiger partial charge on any atom is -0.315 e. The molecule has 9 heteroatoms. The first-order valence-electron chi connectivity index (χ1n) is 9.87. The first-order chi connectivity index (χ1) is 14.3. The van der Waals surface area contributed by atoms with Crippen molar-refractivity contribution in [2.45, 2.75) is 38.4 Å². The molecule has 1 saturated heterocycles. The molecule has 30 heavy (non-hydrogen) atoms. The predicted molar refractivity (Wildman–Crippen MR) is 107 cm³/mol. The van der Waals surface area contributed by atoms with E-state index < -0.39 is 17.8 Å². The molecule has 0 aliphatic carbocycles. The van der Waals surface area contributed by atoms with Gasteiger partial charge in [0.25, 0.3) is 5.91 Å². The first kappa shape index (κ1) is 20.3. The zero-order valence-electron chi connectivity index (χ0n) is 16.5. The fraction of sp³-hybridized carbons (Fsp3) is 0.381. The quantitative estimate of drug-likeness (QED) is 0.666. The lowest BCUT2D eigenvalue weighted by molar-refractivity contribution is -0.141. The summed E-state index contributed by atoms with van der Waals surface area (Å²) < 4.78 is 40.9. The number of carbonyl (C=O) groups excluding carboxylic acids is 1. The average molecular weight is 417 g/mol. The van der Waals surface area contributed by atoms with E-state index >= 15 is 0 Å². The minimum absolute atomic E-state index is 0.0806. The van der Waals surface area contributed by atoms with Gasteiger partial charge in [-0.15, -0.1) is 0 Å². The van der Waals surface area contributed by atoms with Crippen molar-refractivity contribution in [2.75, 3.05) is 18.4 Å². The number of alkyl halides is 3. The average Bonchev–Trinajstić information content (AvgIpc) is 2.88. The number of nitrogens with zero attached hydrogens (tertiary/aromatic N) is 3. The number of hydrogen-bond acceptors (Lipinski definition) is 4. The van der Waals surface area contributed by atoms with Crippen LogP contribution in [0.2, 0.25) is 0 Å². The summed E-state index contributed by atoms with van der Waals surface area (Å²) >= 11 is 0. The third-order valence-electron chi connectivity index (χ3n) is 5.34. The van der Waals surface area contributed by atoms with Crippen LogP contribution in [-0.2, 0) is 6.18 Å². The molecule has 158 valence electrons. The van der Waals surface area contributed by atoms with Crippen molar-refractivity contribution in [1.29, 1.82) is 0 Å². The standard InChI is InChI=1S/C21H22F3N5O/c1-13-5-4-7-16-18(13)29(15-6-2-3-9-25-12-15)20(27-16)28-19(30)14-8-10-26-17(11-14)21(22,23)24/h4-5,7-8,10-11,15,25H,2-3,6,9,12H2,1H3,(H,27,28,30)/t15-/m1/s1. The number of imidazole rings is 1. The molecule has 0 saturated carbocycles. The lowest BCUT2D eigenvalue weighted by Gasteiger charge is -2.21. The van der Waals surface area contributed by atoms with Crippen LogP contribution < -0.4 is 10.6 Å². The predicted octanol–water partition coefficient (Wildman–Crippen LogP) is 4.33. The maximum atomic E-state index is 13.0. The molecule has 1 atom stereocenters. The Kier molecular flexibility index (Phi) is 5.46. The number of aryl methyl sites for hydroxylation is 1. The molecule has 1 aromatic carbocycles. The third kappa shape index (κ3) is 4.02. The van der Waals surface area contributed by atoms with E-state index in [-0.39, 0.29) is 11.6 Å². The van der Waals surface area contributed by atoms with Crippen molar-refractivity contribution in [3.8, 4) is 0 Å². The summed E-state index contributed by atoms with van der Waals surface area (Å²) in [5, 5.41) is 6.14. The van der Waals surface area contributed by atoms with Gasteiger partial charge in [0.2, 0.25) is 5.95 Å². The van der Waals surface area contributed by atoms with Crippen LogP contribution in [-0.4, -0.2) is 33.5 Å². The molecule has 2 N–H and O–H groups in total. The van der Waals surface area contributed by atoms with E-state index in [1.165, 1.54) is 6.07 Å². The molecule has 1 aliphatic heterocycles. The molecule has 2 aromatic heterocycles. The highest BCUT2D eigenvalue weighted by Gasteiger charge is 2.33. The van der Waals surface area contributed by atoms with Crippen molar-refractivity contribution in [2.24, 2.45) is 0 Å². The molecule has 6 nitrogen and oxygen atoms in total. The summed E-state index contributed by atoms with van der Waals surface area (Å²) in [6.07, 6.45) is -0.604. The zero-order valence-corrected chi connectivity index (χ0v) is 16.5. The highest BCUT2D eigenvalue weighted by Crippen LogP contribution is 2.31.